The summed E-state index contributed by atoms with van der Waals surface area (Å²) in [5.41, 5.74) is 0. The highest BCUT2D eigenvalue weighted by atomic mass is 16.6. The zero-order valence-electron chi connectivity index (χ0n) is 51.2. The van der Waals surface area contributed by atoms with E-state index in [2.05, 4.69) is 93.7 Å². The maximum Gasteiger partial charge on any atom is 0.306 e. The molecule has 0 N–H and O–H groups in total. The normalized spacial score (nSPS) is 12.5. The van der Waals surface area contributed by atoms with Gasteiger partial charge < -0.3 is 14.2 Å². The molecule has 77 heavy (non-hydrogen) atoms. The van der Waals surface area contributed by atoms with Gasteiger partial charge >= 0.3 is 17.9 Å². The van der Waals surface area contributed by atoms with Crippen molar-refractivity contribution in [3.05, 3.63) is 72.9 Å². The van der Waals surface area contributed by atoms with Crippen molar-refractivity contribution in [2.45, 2.75) is 348 Å². The minimum Gasteiger partial charge on any atom is -0.462 e. The molecular formula is C71H126O6. The minimum atomic E-state index is -0.769. The van der Waals surface area contributed by atoms with Gasteiger partial charge in [-0.2, -0.15) is 0 Å². The van der Waals surface area contributed by atoms with Gasteiger partial charge in [-0.1, -0.05) is 325 Å². The van der Waals surface area contributed by atoms with Crippen LogP contribution >= 0.6 is 0 Å². The van der Waals surface area contributed by atoms with Crippen LogP contribution in [0, 0.1) is 0 Å². The number of ether oxygens (including phenoxy) is 3. The third kappa shape index (κ3) is 63.6. The summed E-state index contributed by atoms with van der Waals surface area (Å²) in [5, 5.41) is 0. The van der Waals surface area contributed by atoms with E-state index in [0.29, 0.717) is 19.3 Å². The summed E-state index contributed by atoms with van der Waals surface area (Å²) in [6.45, 7) is 6.54. The molecule has 0 aromatic rings. The number of hydrogen-bond donors (Lipinski definition) is 0. The van der Waals surface area contributed by atoms with Gasteiger partial charge in [0.05, 0.1) is 0 Å². The Morgan fingerprint density at radius 1 is 0.273 bits per heavy atom. The molecule has 0 radical (unpaired) electrons. The summed E-state index contributed by atoms with van der Waals surface area (Å²) in [7, 11) is 0. The van der Waals surface area contributed by atoms with Crippen LogP contribution in [0.25, 0.3) is 0 Å². The molecule has 0 aliphatic rings. The van der Waals surface area contributed by atoms with E-state index in [1.165, 1.54) is 205 Å². The first-order valence-corrected chi connectivity index (χ1v) is 33.4. The van der Waals surface area contributed by atoms with E-state index >= 15 is 0 Å². The highest BCUT2D eigenvalue weighted by Crippen LogP contribution is 2.18. The molecular weight excluding hydrogens is 949 g/mol. The molecule has 6 heteroatoms. The van der Waals surface area contributed by atoms with Gasteiger partial charge in [-0.3, -0.25) is 14.4 Å². The lowest BCUT2D eigenvalue weighted by molar-refractivity contribution is -0.167. The lowest BCUT2D eigenvalue weighted by Gasteiger charge is -2.18. The third-order valence-corrected chi connectivity index (χ3v) is 14.7. The predicted molar refractivity (Wildman–Crippen MR) is 335 cm³/mol. The first kappa shape index (κ1) is 73.8. The summed E-state index contributed by atoms with van der Waals surface area (Å²) in [5.74, 6) is -0.855. The van der Waals surface area contributed by atoms with Gasteiger partial charge in [0.1, 0.15) is 13.2 Å². The Morgan fingerprint density at radius 2 is 0.506 bits per heavy atom. The summed E-state index contributed by atoms with van der Waals surface area (Å²) in [4.78, 5) is 38.1. The van der Waals surface area contributed by atoms with Crippen LogP contribution in [0.4, 0.5) is 0 Å². The van der Waals surface area contributed by atoms with E-state index < -0.39 is 6.10 Å². The van der Waals surface area contributed by atoms with Gasteiger partial charge in [-0.15, -0.1) is 0 Å². The number of carbonyl (C=O) groups excluding carboxylic acids is 3. The predicted octanol–water partition coefficient (Wildman–Crippen LogP) is 22.9. The molecule has 0 spiro atoms. The number of rotatable bonds is 61. The van der Waals surface area contributed by atoms with Gasteiger partial charge in [0.2, 0.25) is 0 Å². The van der Waals surface area contributed by atoms with E-state index in [1.807, 2.05) is 0 Å². The quantitative estimate of drug-likeness (QED) is 0.0261. The van der Waals surface area contributed by atoms with Crippen molar-refractivity contribution < 1.29 is 28.6 Å². The molecule has 1 atom stereocenters. The zero-order chi connectivity index (χ0) is 55.7. The van der Waals surface area contributed by atoms with Crippen LogP contribution in [0.2, 0.25) is 0 Å². The zero-order valence-corrected chi connectivity index (χ0v) is 51.2. The monoisotopic (exact) mass is 1070 g/mol. The van der Waals surface area contributed by atoms with Crippen LogP contribution in [0.15, 0.2) is 72.9 Å². The molecule has 0 bridgehead atoms. The highest BCUT2D eigenvalue weighted by molar-refractivity contribution is 5.71. The van der Waals surface area contributed by atoms with Crippen molar-refractivity contribution >= 4 is 17.9 Å². The van der Waals surface area contributed by atoms with Gasteiger partial charge in [-0.05, 0) is 70.6 Å². The number of unbranched alkanes of at least 4 members (excludes halogenated alkanes) is 38. The Balaban J connectivity index is 4.06. The maximum absolute atomic E-state index is 12.9. The van der Waals surface area contributed by atoms with Crippen LogP contribution in [0.3, 0.4) is 0 Å². The van der Waals surface area contributed by atoms with Gasteiger partial charge in [0.25, 0.3) is 0 Å². The average molecular weight is 1080 g/mol. The second kappa shape index (κ2) is 65.4. The number of carbonyl (C=O) groups is 3. The van der Waals surface area contributed by atoms with Crippen molar-refractivity contribution in [3.8, 4) is 0 Å². The first-order valence-electron chi connectivity index (χ1n) is 33.4. The van der Waals surface area contributed by atoms with E-state index in [-0.39, 0.29) is 31.1 Å². The average Bonchev–Trinajstić information content (AvgIpc) is 3.43. The second-order valence-electron chi connectivity index (χ2n) is 22.4. The van der Waals surface area contributed by atoms with Crippen LogP contribution in [0.1, 0.15) is 342 Å². The molecule has 446 valence electrons. The summed E-state index contributed by atoms with van der Waals surface area (Å²) >= 11 is 0. The molecule has 0 saturated heterocycles. The molecule has 0 rings (SSSR count). The van der Waals surface area contributed by atoms with Crippen molar-refractivity contribution in [1.82, 2.24) is 0 Å². The molecule has 6 nitrogen and oxygen atoms in total. The van der Waals surface area contributed by atoms with Crippen LogP contribution < -0.4 is 0 Å². The molecule has 0 aliphatic heterocycles. The largest absolute Gasteiger partial charge is 0.462 e. The Morgan fingerprint density at radius 3 is 0.792 bits per heavy atom. The fraction of sp³-hybridized carbons (Fsp3) is 0.789. The van der Waals surface area contributed by atoms with Gasteiger partial charge in [0, 0.05) is 19.3 Å². The lowest BCUT2D eigenvalue weighted by atomic mass is 10.0. The molecule has 0 aliphatic carbocycles. The fourth-order valence-corrected chi connectivity index (χ4v) is 9.74. The SMILES string of the molecule is CC/C=C\C/C=C\C/C=C\C/C=C\C/C=C\C/C=C\CCCCCCCCCCCCCCCCC(=O)OCC(COC(=O)CCCCCCCCCC)OC(=O)CCCCCCCCCCCCCCCCCCCC. The second-order valence-corrected chi connectivity index (χ2v) is 22.4. The minimum absolute atomic E-state index is 0.0691. The number of esters is 3. The van der Waals surface area contributed by atoms with E-state index in [9.17, 15) is 14.4 Å². The molecule has 0 aromatic carbocycles. The Kier molecular flexibility index (Phi) is 62.7. The molecule has 0 saturated carbocycles. The van der Waals surface area contributed by atoms with Crippen molar-refractivity contribution in [2.75, 3.05) is 13.2 Å². The topological polar surface area (TPSA) is 78.9 Å². The van der Waals surface area contributed by atoms with E-state index in [0.717, 1.165) is 96.3 Å². The van der Waals surface area contributed by atoms with Crippen molar-refractivity contribution in [1.29, 1.82) is 0 Å². The molecule has 1 unspecified atom stereocenters. The summed E-state index contributed by atoms with van der Waals surface area (Å²) in [6.07, 6.45) is 85.1. The molecule has 0 aromatic heterocycles. The number of hydrogen-bond acceptors (Lipinski definition) is 6. The van der Waals surface area contributed by atoms with Crippen molar-refractivity contribution in [2.24, 2.45) is 0 Å². The standard InChI is InChI=1S/C71H126O6/c1-4-7-10-13-16-19-21-23-25-27-29-30-31-32-33-34-35-36-37-38-39-40-41-42-43-45-46-48-50-52-55-58-61-64-70(73)76-67-68(66-75-69(72)63-60-57-54-18-15-12-9-6-3)77-71(74)65-62-59-56-53-51-49-47-44-28-26-24-22-20-17-14-11-8-5-2/h7,10,16,19,23,25,29-30,32-33,35-36,68H,4-6,8-9,11-15,17-18,20-22,24,26-28,31,34,37-67H2,1-3H3/b10-7-,19-16-,25-23-,30-29-,33-32-,36-35-. The fourth-order valence-electron chi connectivity index (χ4n) is 9.74. The Hall–Kier alpha value is -3.15. The van der Waals surface area contributed by atoms with Crippen LogP contribution in [-0.4, -0.2) is 37.2 Å². The van der Waals surface area contributed by atoms with Crippen LogP contribution in [-0.2, 0) is 28.6 Å². The Bertz CT molecular complexity index is 1420. The lowest BCUT2D eigenvalue weighted by Crippen LogP contribution is -2.30. The molecule has 0 amide bonds. The van der Waals surface area contributed by atoms with Crippen LogP contribution in [0.5, 0.6) is 0 Å². The third-order valence-electron chi connectivity index (χ3n) is 14.7. The molecule has 0 fully saturated rings. The van der Waals surface area contributed by atoms with Gasteiger partial charge in [0.15, 0.2) is 6.10 Å². The highest BCUT2D eigenvalue weighted by Gasteiger charge is 2.19. The smallest absolute Gasteiger partial charge is 0.306 e. The Labute approximate surface area is 478 Å². The maximum atomic E-state index is 12.9. The summed E-state index contributed by atoms with van der Waals surface area (Å²) < 4.78 is 16.9. The summed E-state index contributed by atoms with van der Waals surface area (Å²) in [6, 6.07) is 0. The first-order chi connectivity index (χ1) is 38.0. The van der Waals surface area contributed by atoms with E-state index in [4.69, 9.17) is 14.2 Å². The number of allylic oxidation sites excluding steroid dienone is 12. The van der Waals surface area contributed by atoms with Gasteiger partial charge in [-0.25, -0.2) is 0 Å². The van der Waals surface area contributed by atoms with Crippen molar-refractivity contribution in [3.63, 3.8) is 0 Å². The molecule has 0 heterocycles. The van der Waals surface area contributed by atoms with E-state index in [1.54, 1.807) is 0 Å².